The van der Waals surface area contributed by atoms with Crippen molar-refractivity contribution in [2.24, 2.45) is 0 Å². The van der Waals surface area contributed by atoms with E-state index < -0.39 is 17.6 Å². The van der Waals surface area contributed by atoms with Crippen LogP contribution in [-0.4, -0.2) is 19.1 Å². The molecule has 2 aliphatic rings. The second kappa shape index (κ2) is 8.54. The number of halogens is 5. The summed E-state index contributed by atoms with van der Waals surface area (Å²) in [5, 5.41) is 6.64. The van der Waals surface area contributed by atoms with Gasteiger partial charge in [-0.3, -0.25) is 0 Å². The molecule has 0 radical (unpaired) electrons. The van der Waals surface area contributed by atoms with Crippen LogP contribution in [0.1, 0.15) is 29.0 Å². The standard InChI is InChI=1S/C25H22ClF4N3/c26-21-7-4-8-22(27)19(21)14-33(15-5-2-1-3-6-15)16-11-17-18-13-31-10-9-23(18)32-24(17)20(12-16)25(28,29)30/h1-8,11-12,18,23,31-32H,9-10,13-14H2/t18-,23-/m1/s1. The number of alkyl halides is 3. The van der Waals surface area contributed by atoms with Gasteiger partial charge in [-0.1, -0.05) is 35.9 Å². The van der Waals surface area contributed by atoms with Crippen molar-refractivity contribution in [2.75, 3.05) is 23.3 Å². The van der Waals surface area contributed by atoms with E-state index >= 15 is 0 Å². The summed E-state index contributed by atoms with van der Waals surface area (Å²) < 4.78 is 57.1. The Bertz CT molecular complexity index is 1150. The van der Waals surface area contributed by atoms with Gasteiger partial charge in [0, 0.05) is 40.5 Å². The van der Waals surface area contributed by atoms with Crippen LogP contribution in [0, 0.1) is 5.82 Å². The smallest absolute Gasteiger partial charge is 0.381 e. The molecule has 0 spiro atoms. The van der Waals surface area contributed by atoms with Gasteiger partial charge in [-0.25, -0.2) is 4.39 Å². The molecule has 2 atom stereocenters. The number of benzene rings is 3. The van der Waals surface area contributed by atoms with Crippen LogP contribution in [0.4, 0.5) is 34.6 Å². The number of fused-ring (bicyclic) bond motifs is 3. The minimum atomic E-state index is -4.54. The molecule has 0 bridgehead atoms. The summed E-state index contributed by atoms with van der Waals surface area (Å²) in [5.41, 5.74) is 1.31. The van der Waals surface area contributed by atoms with Gasteiger partial charge in [-0.15, -0.1) is 0 Å². The zero-order chi connectivity index (χ0) is 23.2. The highest BCUT2D eigenvalue weighted by Crippen LogP contribution is 2.48. The molecular formula is C25H22ClF4N3. The molecule has 0 saturated carbocycles. The quantitative estimate of drug-likeness (QED) is 0.411. The number of anilines is 3. The Kier molecular flexibility index (Phi) is 5.70. The molecule has 3 nitrogen and oxygen atoms in total. The number of nitrogens with zero attached hydrogens (tertiary/aromatic N) is 1. The molecule has 33 heavy (non-hydrogen) atoms. The Morgan fingerprint density at radius 3 is 2.52 bits per heavy atom. The number of hydrogen-bond acceptors (Lipinski definition) is 3. The van der Waals surface area contributed by atoms with E-state index in [1.807, 2.05) is 6.07 Å². The Morgan fingerprint density at radius 2 is 1.79 bits per heavy atom. The van der Waals surface area contributed by atoms with Crippen LogP contribution in [0.5, 0.6) is 0 Å². The minimum absolute atomic E-state index is 0.00855. The van der Waals surface area contributed by atoms with Crippen molar-refractivity contribution < 1.29 is 17.6 Å². The molecule has 172 valence electrons. The van der Waals surface area contributed by atoms with Crippen molar-refractivity contribution in [1.82, 2.24) is 5.32 Å². The first-order chi connectivity index (χ1) is 15.8. The number of hydrogen-bond donors (Lipinski definition) is 2. The minimum Gasteiger partial charge on any atom is -0.381 e. The highest BCUT2D eigenvalue weighted by molar-refractivity contribution is 6.31. The third kappa shape index (κ3) is 4.15. The van der Waals surface area contributed by atoms with E-state index in [0.717, 1.165) is 19.0 Å². The average molecular weight is 476 g/mol. The van der Waals surface area contributed by atoms with Crippen molar-refractivity contribution >= 4 is 28.7 Å². The van der Waals surface area contributed by atoms with E-state index in [2.05, 4.69) is 10.6 Å². The third-order valence-electron chi connectivity index (χ3n) is 6.43. The molecule has 5 rings (SSSR count). The summed E-state index contributed by atoms with van der Waals surface area (Å²) >= 11 is 6.27. The first-order valence-corrected chi connectivity index (χ1v) is 11.2. The van der Waals surface area contributed by atoms with Gasteiger partial charge in [0.1, 0.15) is 5.82 Å². The monoisotopic (exact) mass is 475 g/mol. The van der Waals surface area contributed by atoms with Crippen molar-refractivity contribution in [1.29, 1.82) is 0 Å². The van der Waals surface area contributed by atoms with Gasteiger partial charge in [0.2, 0.25) is 0 Å². The Balaban J connectivity index is 1.67. The zero-order valence-corrected chi connectivity index (χ0v) is 18.3. The van der Waals surface area contributed by atoms with Gasteiger partial charge in [-0.05, 0) is 54.9 Å². The second-order valence-corrected chi connectivity index (χ2v) is 8.83. The van der Waals surface area contributed by atoms with Crippen molar-refractivity contribution in [2.45, 2.75) is 31.1 Å². The van der Waals surface area contributed by atoms with Crippen LogP contribution in [0.2, 0.25) is 5.02 Å². The molecule has 2 N–H and O–H groups in total. The summed E-state index contributed by atoms with van der Waals surface area (Å²) in [5.74, 6) is -0.566. The van der Waals surface area contributed by atoms with E-state index in [1.165, 1.54) is 12.1 Å². The molecule has 8 heteroatoms. The van der Waals surface area contributed by atoms with E-state index in [-0.39, 0.29) is 34.8 Å². The molecule has 2 heterocycles. The number of piperidine rings is 1. The predicted molar refractivity (Wildman–Crippen MR) is 123 cm³/mol. The first-order valence-electron chi connectivity index (χ1n) is 10.8. The van der Waals surface area contributed by atoms with Gasteiger partial charge < -0.3 is 15.5 Å². The SMILES string of the molecule is Fc1cccc(Cl)c1CN(c1ccccc1)c1cc2c(c(C(F)(F)F)c1)N[C@@H]1CCNC[C@H]21. The largest absolute Gasteiger partial charge is 0.418 e. The number of rotatable bonds is 4. The number of para-hydroxylation sites is 1. The normalized spacial score (nSPS) is 19.5. The lowest BCUT2D eigenvalue weighted by Gasteiger charge is -2.29. The topological polar surface area (TPSA) is 27.3 Å². The lowest BCUT2D eigenvalue weighted by molar-refractivity contribution is -0.136. The number of nitrogens with one attached hydrogen (secondary N) is 2. The van der Waals surface area contributed by atoms with Gasteiger partial charge in [0.25, 0.3) is 0 Å². The Morgan fingerprint density at radius 1 is 1.00 bits per heavy atom. The van der Waals surface area contributed by atoms with Gasteiger partial charge in [0.05, 0.1) is 17.8 Å². The fourth-order valence-corrected chi connectivity index (χ4v) is 5.03. The lowest BCUT2D eigenvalue weighted by atomic mass is 9.89. The third-order valence-corrected chi connectivity index (χ3v) is 6.78. The maximum Gasteiger partial charge on any atom is 0.418 e. The molecule has 1 saturated heterocycles. The van der Waals surface area contributed by atoms with Crippen LogP contribution < -0.4 is 15.5 Å². The summed E-state index contributed by atoms with van der Waals surface area (Å²) in [4.78, 5) is 1.68. The van der Waals surface area contributed by atoms with Crippen LogP contribution in [-0.2, 0) is 12.7 Å². The molecule has 2 aliphatic heterocycles. The van der Waals surface area contributed by atoms with E-state index in [9.17, 15) is 17.6 Å². The molecule has 3 aromatic carbocycles. The van der Waals surface area contributed by atoms with E-state index in [1.54, 1.807) is 41.3 Å². The van der Waals surface area contributed by atoms with Crippen LogP contribution in [0.3, 0.4) is 0 Å². The zero-order valence-electron chi connectivity index (χ0n) is 17.6. The highest BCUT2D eigenvalue weighted by atomic mass is 35.5. The van der Waals surface area contributed by atoms with E-state index in [4.69, 9.17) is 11.6 Å². The van der Waals surface area contributed by atoms with Gasteiger partial charge in [0.15, 0.2) is 0 Å². The summed E-state index contributed by atoms with van der Waals surface area (Å²) in [6.07, 6.45) is -3.79. The Hall–Kier alpha value is -2.77. The van der Waals surface area contributed by atoms with Crippen molar-refractivity contribution in [3.05, 3.63) is 88.2 Å². The fourth-order valence-electron chi connectivity index (χ4n) is 4.81. The highest BCUT2D eigenvalue weighted by Gasteiger charge is 2.42. The fraction of sp³-hybridized carbons (Fsp3) is 0.280. The lowest BCUT2D eigenvalue weighted by Crippen LogP contribution is -2.38. The maximum absolute atomic E-state index is 14.6. The molecule has 1 fully saturated rings. The molecule has 0 aliphatic carbocycles. The van der Waals surface area contributed by atoms with Crippen molar-refractivity contribution in [3.63, 3.8) is 0 Å². The molecule has 0 aromatic heterocycles. The van der Waals surface area contributed by atoms with Crippen molar-refractivity contribution in [3.8, 4) is 0 Å². The summed E-state index contributed by atoms with van der Waals surface area (Å²) in [7, 11) is 0. The first kappa shape index (κ1) is 22.0. The molecule has 0 unspecified atom stereocenters. The maximum atomic E-state index is 14.6. The van der Waals surface area contributed by atoms with Crippen LogP contribution >= 0.6 is 11.6 Å². The van der Waals surface area contributed by atoms with Crippen LogP contribution in [0.15, 0.2) is 60.7 Å². The molecular weight excluding hydrogens is 454 g/mol. The van der Waals surface area contributed by atoms with Crippen LogP contribution in [0.25, 0.3) is 0 Å². The summed E-state index contributed by atoms with van der Waals surface area (Å²) in [6, 6.07) is 16.3. The predicted octanol–water partition coefficient (Wildman–Crippen LogP) is 6.71. The van der Waals surface area contributed by atoms with Gasteiger partial charge >= 0.3 is 6.18 Å². The second-order valence-electron chi connectivity index (χ2n) is 8.43. The Labute approximate surface area is 194 Å². The summed E-state index contributed by atoms with van der Waals surface area (Å²) in [6.45, 7) is 1.36. The van der Waals surface area contributed by atoms with E-state index in [0.29, 0.717) is 23.5 Å². The average Bonchev–Trinajstić information content (AvgIpc) is 3.17. The van der Waals surface area contributed by atoms with Gasteiger partial charge in [-0.2, -0.15) is 13.2 Å². The molecule has 0 amide bonds. The molecule has 3 aromatic rings.